The molecular weight excluding hydrogens is 320 g/mol. The summed E-state index contributed by atoms with van der Waals surface area (Å²) < 4.78 is 6.09. The van der Waals surface area contributed by atoms with Crippen LogP contribution in [0.4, 0.5) is 5.69 Å². The predicted octanol–water partition coefficient (Wildman–Crippen LogP) is 2.56. The highest BCUT2D eigenvalue weighted by atomic mass is 79.9. The fraction of sp³-hybridized carbons (Fsp3) is 0.533. The van der Waals surface area contributed by atoms with Crippen LogP contribution in [-0.4, -0.2) is 31.7 Å². The molecule has 2 N–H and O–H groups in total. The van der Waals surface area contributed by atoms with E-state index in [1.165, 1.54) is 0 Å². The van der Waals surface area contributed by atoms with Crippen LogP contribution in [0.15, 0.2) is 28.7 Å². The third kappa shape index (κ3) is 4.21. The van der Waals surface area contributed by atoms with E-state index in [1.54, 1.807) is 0 Å². The van der Waals surface area contributed by atoms with E-state index in [1.807, 2.05) is 19.1 Å². The fourth-order valence-corrected chi connectivity index (χ4v) is 2.98. The minimum atomic E-state index is -0.123. The van der Waals surface area contributed by atoms with Crippen molar-refractivity contribution in [2.24, 2.45) is 11.7 Å². The second-order valence-electron chi connectivity index (χ2n) is 5.25. The van der Waals surface area contributed by atoms with Crippen molar-refractivity contribution in [2.45, 2.75) is 25.8 Å². The van der Waals surface area contributed by atoms with Gasteiger partial charge in [-0.2, -0.15) is 0 Å². The summed E-state index contributed by atoms with van der Waals surface area (Å²) in [6, 6.07) is 8.30. The molecule has 0 saturated carbocycles. The van der Waals surface area contributed by atoms with Crippen molar-refractivity contribution in [2.75, 3.05) is 24.6 Å². The van der Waals surface area contributed by atoms with Gasteiger partial charge in [-0.25, -0.2) is 0 Å². The second-order valence-corrected chi connectivity index (χ2v) is 6.17. The molecule has 1 aliphatic rings. The van der Waals surface area contributed by atoms with Crippen LogP contribution < -0.4 is 10.6 Å². The molecule has 0 amide bonds. The number of nitrogens with zero attached hydrogens (tertiary/aromatic N) is 1. The molecule has 1 aromatic rings. The average Bonchev–Trinajstić information content (AvgIpc) is 2.39. The molecule has 2 atom stereocenters. The van der Waals surface area contributed by atoms with E-state index in [-0.39, 0.29) is 17.9 Å². The van der Waals surface area contributed by atoms with Gasteiger partial charge in [0.2, 0.25) is 0 Å². The Kier molecular flexibility index (Phi) is 5.43. The number of ether oxygens (including phenoxy) is 1. The van der Waals surface area contributed by atoms with Crippen molar-refractivity contribution in [1.82, 2.24) is 0 Å². The van der Waals surface area contributed by atoms with E-state index >= 15 is 0 Å². The van der Waals surface area contributed by atoms with Crippen LogP contribution in [0.3, 0.4) is 0 Å². The third-order valence-electron chi connectivity index (χ3n) is 3.52. The zero-order valence-electron chi connectivity index (χ0n) is 11.7. The van der Waals surface area contributed by atoms with Crippen molar-refractivity contribution in [3.05, 3.63) is 28.7 Å². The highest BCUT2D eigenvalue weighted by Crippen LogP contribution is 2.26. The molecule has 0 spiro atoms. The van der Waals surface area contributed by atoms with Crippen molar-refractivity contribution in [3.8, 4) is 0 Å². The van der Waals surface area contributed by atoms with Gasteiger partial charge in [-0.15, -0.1) is 0 Å². The molecule has 1 saturated heterocycles. The highest BCUT2D eigenvalue weighted by Gasteiger charge is 2.27. The molecule has 1 fully saturated rings. The van der Waals surface area contributed by atoms with E-state index in [2.05, 4.69) is 33.0 Å². The minimum absolute atomic E-state index is 0.104. The lowest BCUT2D eigenvalue weighted by Gasteiger charge is -2.37. The first-order valence-electron chi connectivity index (χ1n) is 7.00. The zero-order chi connectivity index (χ0) is 14.5. The molecule has 0 radical (unpaired) electrons. The number of nitrogens with two attached hydrogens (primary N) is 1. The summed E-state index contributed by atoms with van der Waals surface area (Å²) in [4.78, 5) is 13.9. The Hall–Kier alpha value is -1.07. The molecule has 0 bridgehead atoms. The van der Waals surface area contributed by atoms with Crippen molar-refractivity contribution >= 4 is 27.6 Å². The summed E-state index contributed by atoms with van der Waals surface area (Å²) in [6.45, 7) is 3.96. The summed E-state index contributed by atoms with van der Waals surface area (Å²) in [5, 5.41) is 0. The van der Waals surface area contributed by atoms with Gasteiger partial charge in [0.1, 0.15) is 0 Å². The molecule has 0 aromatic heterocycles. The van der Waals surface area contributed by atoms with Crippen LogP contribution in [0.1, 0.15) is 19.8 Å². The number of hydrogen-bond donors (Lipinski definition) is 1. The number of carbonyl (C=O) groups is 1. The average molecular weight is 341 g/mol. The molecule has 1 heterocycles. The van der Waals surface area contributed by atoms with Crippen molar-refractivity contribution in [1.29, 1.82) is 0 Å². The quantitative estimate of drug-likeness (QED) is 0.856. The molecule has 0 aliphatic carbocycles. The van der Waals surface area contributed by atoms with Gasteiger partial charge in [-0.1, -0.05) is 15.9 Å². The highest BCUT2D eigenvalue weighted by molar-refractivity contribution is 9.10. The maximum atomic E-state index is 11.6. The number of hydrogen-bond acceptors (Lipinski definition) is 4. The molecule has 5 heteroatoms. The Morgan fingerprint density at radius 3 is 2.75 bits per heavy atom. The first-order valence-corrected chi connectivity index (χ1v) is 7.79. The Morgan fingerprint density at radius 2 is 2.10 bits per heavy atom. The van der Waals surface area contributed by atoms with E-state index in [4.69, 9.17) is 10.5 Å². The molecule has 110 valence electrons. The van der Waals surface area contributed by atoms with Crippen LogP contribution in [-0.2, 0) is 9.53 Å². The van der Waals surface area contributed by atoms with E-state index in [9.17, 15) is 4.79 Å². The number of esters is 1. The summed E-state index contributed by atoms with van der Waals surface area (Å²) >= 11 is 3.44. The number of halogens is 1. The minimum Gasteiger partial charge on any atom is -0.466 e. The van der Waals surface area contributed by atoms with Gasteiger partial charge < -0.3 is 15.4 Å². The predicted molar refractivity (Wildman–Crippen MR) is 83.7 cm³/mol. The SMILES string of the molecule is CCOC(=O)CC1CC(N)CN(c2ccc(Br)cc2)C1. The van der Waals surface area contributed by atoms with Gasteiger partial charge in [0.05, 0.1) is 13.0 Å². The summed E-state index contributed by atoms with van der Waals surface area (Å²) in [5.41, 5.74) is 7.28. The zero-order valence-corrected chi connectivity index (χ0v) is 13.3. The summed E-state index contributed by atoms with van der Waals surface area (Å²) in [6.07, 6.45) is 1.33. The molecular formula is C15H21BrN2O2. The van der Waals surface area contributed by atoms with Crippen molar-refractivity contribution in [3.63, 3.8) is 0 Å². The Bertz CT molecular complexity index is 450. The van der Waals surface area contributed by atoms with Crippen LogP contribution in [0.5, 0.6) is 0 Å². The normalized spacial score (nSPS) is 22.6. The van der Waals surface area contributed by atoms with Crippen LogP contribution in [0.2, 0.25) is 0 Å². The Morgan fingerprint density at radius 1 is 1.40 bits per heavy atom. The lowest BCUT2D eigenvalue weighted by atomic mass is 9.91. The van der Waals surface area contributed by atoms with Crippen molar-refractivity contribution < 1.29 is 9.53 Å². The molecule has 1 aliphatic heterocycles. The molecule has 20 heavy (non-hydrogen) atoms. The van der Waals surface area contributed by atoms with Gasteiger partial charge in [0.25, 0.3) is 0 Å². The molecule has 4 nitrogen and oxygen atoms in total. The monoisotopic (exact) mass is 340 g/mol. The van der Waals surface area contributed by atoms with Gasteiger partial charge in [-0.05, 0) is 43.5 Å². The first kappa shape index (κ1) is 15.3. The summed E-state index contributed by atoms with van der Waals surface area (Å²) in [5.74, 6) is 0.142. The summed E-state index contributed by atoms with van der Waals surface area (Å²) in [7, 11) is 0. The van der Waals surface area contributed by atoms with Crippen LogP contribution in [0.25, 0.3) is 0 Å². The number of anilines is 1. The Labute approximate surface area is 128 Å². The molecule has 1 aromatic carbocycles. The largest absolute Gasteiger partial charge is 0.466 e. The number of rotatable bonds is 4. The van der Waals surface area contributed by atoms with Crippen LogP contribution in [0, 0.1) is 5.92 Å². The third-order valence-corrected chi connectivity index (χ3v) is 4.05. The maximum absolute atomic E-state index is 11.6. The lowest BCUT2D eigenvalue weighted by Crippen LogP contribution is -2.47. The van der Waals surface area contributed by atoms with E-state index in [0.29, 0.717) is 13.0 Å². The fourth-order valence-electron chi connectivity index (χ4n) is 2.71. The number of benzene rings is 1. The topological polar surface area (TPSA) is 55.6 Å². The van der Waals surface area contributed by atoms with Gasteiger partial charge in [0, 0.05) is 29.3 Å². The van der Waals surface area contributed by atoms with Crippen LogP contribution >= 0.6 is 15.9 Å². The molecule has 2 unspecified atom stereocenters. The second kappa shape index (κ2) is 7.09. The van der Waals surface area contributed by atoms with E-state index in [0.717, 1.165) is 29.7 Å². The van der Waals surface area contributed by atoms with E-state index < -0.39 is 0 Å². The number of piperidine rings is 1. The first-order chi connectivity index (χ1) is 9.58. The molecule has 2 rings (SSSR count). The lowest BCUT2D eigenvalue weighted by molar-refractivity contribution is -0.144. The maximum Gasteiger partial charge on any atom is 0.306 e. The Balaban J connectivity index is 2.00. The standard InChI is InChI=1S/C15H21BrN2O2/c1-2-20-15(19)8-11-7-13(17)10-18(9-11)14-5-3-12(16)4-6-14/h3-6,11,13H,2,7-10,17H2,1H3. The smallest absolute Gasteiger partial charge is 0.306 e. The van der Waals surface area contributed by atoms with Gasteiger partial charge >= 0.3 is 5.97 Å². The van der Waals surface area contributed by atoms with Gasteiger partial charge in [-0.3, -0.25) is 4.79 Å². The number of carbonyl (C=O) groups excluding carboxylic acids is 1. The van der Waals surface area contributed by atoms with Gasteiger partial charge in [0.15, 0.2) is 0 Å².